The average Bonchev–Trinajstić information content (AvgIpc) is 2.84. The summed E-state index contributed by atoms with van der Waals surface area (Å²) in [5, 5.41) is 0. The first kappa shape index (κ1) is 14.4. The summed E-state index contributed by atoms with van der Waals surface area (Å²) in [6.45, 7) is 6.10. The Kier molecular flexibility index (Phi) is 3.49. The fourth-order valence-electron chi connectivity index (χ4n) is 3.09. The number of carbonyl (C=O) groups excluding carboxylic acids is 1. The van der Waals surface area contributed by atoms with Gasteiger partial charge in [0.05, 0.1) is 12.8 Å². The van der Waals surface area contributed by atoms with Gasteiger partial charge in [-0.15, -0.1) is 0 Å². The Bertz CT molecular complexity index is 852. The number of hydrogen-bond donors (Lipinski definition) is 0. The quantitative estimate of drug-likeness (QED) is 0.672. The summed E-state index contributed by atoms with van der Waals surface area (Å²) in [6.07, 6.45) is 2.87. The van der Waals surface area contributed by atoms with Crippen LogP contribution in [0.25, 0.3) is 16.6 Å². The van der Waals surface area contributed by atoms with Gasteiger partial charge in [-0.2, -0.15) is 0 Å². The third-order valence-corrected chi connectivity index (χ3v) is 4.06. The van der Waals surface area contributed by atoms with E-state index in [0.29, 0.717) is 5.69 Å². The molecule has 3 rings (SSSR count). The van der Waals surface area contributed by atoms with E-state index in [1.165, 1.54) is 5.56 Å². The number of rotatable bonds is 3. The molecule has 0 radical (unpaired) electrons. The van der Waals surface area contributed by atoms with Crippen LogP contribution in [0.5, 0.6) is 5.75 Å². The molecule has 0 fully saturated rings. The van der Waals surface area contributed by atoms with E-state index in [9.17, 15) is 4.79 Å². The summed E-state index contributed by atoms with van der Waals surface area (Å²) in [7, 11) is 1.68. The molecule has 3 heteroatoms. The molecule has 22 heavy (non-hydrogen) atoms. The van der Waals surface area contributed by atoms with Crippen molar-refractivity contribution in [3.63, 3.8) is 0 Å². The van der Waals surface area contributed by atoms with Crippen molar-refractivity contribution in [3.05, 3.63) is 58.9 Å². The summed E-state index contributed by atoms with van der Waals surface area (Å²) < 4.78 is 7.36. The Morgan fingerprint density at radius 1 is 1.05 bits per heavy atom. The van der Waals surface area contributed by atoms with Gasteiger partial charge < -0.3 is 9.14 Å². The highest BCUT2D eigenvalue weighted by atomic mass is 16.5. The lowest BCUT2D eigenvalue weighted by Crippen LogP contribution is -1.95. The molecule has 0 amide bonds. The lowest BCUT2D eigenvalue weighted by molar-refractivity contribution is 0.111. The second-order valence-electron chi connectivity index (χ2n) is 5.70. The monoisotopic (exact) mass is 293 g/mol. The maximum absolute atomic E-state index is 11.6. The van der Waals surface area contributed by atoms with E-state index in [-0.39, 0.29) is 0 Å². The molecule has 0 aliphatic rings. The molecule has 0 atom stereocenters. The van der Waals surface area contributed by atoms with Gasteiger partial charge in [0.15, 0.2) is 6.29 Å². The van der Waals surface area contributed by atoms with E-state index < -0.39 is 0 Å². The van der Waals surface area contributed by atoms with Crippen LogP contribution in [0, 0.1) is 20.8 Å². The van der Waals surface area contributed by atoms with E-state index in [4.69, 9.17) is 4.74 Å². The van der Waals surface area contributed by atoms with Crippen molar-refractivity contribution in [2.24, 2.45) is 0 Å². The summed E-state index contributed by atoms with van der Waals surface area (Å²) in [5.74, 6) is 0.899. The standard InChI is InChI=1S/C19H19NO2/c1-12-5-6-20-16(7-12)10-17(18(20)11-21)15-8-13(2)19(22-4)14(3)9-15/h5-11H,1-4H3. The molecule has 112 valence electrons. The minimum Gasteiger partial charge on any atom is -0.496 e. The van der Waals surface area contributed by atoms with E-state index >= 15 is 0 Å². The molecule has 0 spiro atoms. The molecule has 1 aromatic carbocycles. The lowest BCUT2D eigenvalue weighted by Gasteiger charge is -2.11. The molecule has 0 N–H and O–H groups in total. The molecular weight excluding hydrogens is 274 g/mol. The van der Waals surface area contributed by atoms with Crippen molar-refractivity contribution in [1.29, 1.82) is 0 Å². The number of nitrogens with zero attached hydrogens (tertiary/aromatic N) is 1. The average molecular weight is 293 g/mol. The Labute approximate surface area is 130 Å². The normalized spacial score (nSPS) is 10.9. The van der Waals surface area contributed by atoms with E-state index in [1.54, 1.807) is 7.11 Å². The highest BCUT2D eigenvalue weighted by Crippen LogP contribution is 2.33. The van der Waals surface area contributed by atoms with Crippen LogP contribution >= 0.6 is 0 Å². The first-order valence-corrected chi connectivity index (χ1v) is 7.27. The smallest absolute Gasteiger partial charge is 0.167 e. The summed E-state index contributed by atoms with van der Waals surface area (Å²) in [4.78, 5) is 11.6. The van der Waals surface area contributed by atoms with Gasteiger partial charge in [0, 0.05) is 17.3 Å². The molecule has 3 nitrogen and oxygen atoms in total. The van der Waals surface area contributed by atoms with Gasteiger partial charge in [-0.1, -0.05) is 0 Å². The molecule has 3 aromatic rings. The molecular formula is C19H19NO2. The number of aldehydes is 1. The van der Waals surface area contributed by atoms with Crippen LogP contribution in [-0.2, 0) is 0 Å². The number of benzene rings is 1. The molecule has 0 saturated carbocycles. The third kappa shape index (κ3) is 2.19. The number of methoxy groups -OCH3 is 1. The topological polar surface area (TPSA) is 30.7 Å². The molecule has 2 heterocycles. The van der Waals surface area contributed by atoms with Crippen molar-refractivity contribution in [3.8, 4) is 16.9 Å². The van der Waals surface area contributed by atoms with Gasteiger partial charge in [0.2, 0.25) is 0 Å². The number of hydrogen-bond acceptors (Lipinski definition) is 2. The zero-order valence-electron chi connectivity index (χ0n) is 13.3. The minimum atomic E-state index is 0.680. The lowest BCUT2D eigenvalue weighted by atomic mass is 10.00. The van der Waals surface area contributed by atoms with Gasteiger partial charge in [-0.3, -0.25) is 4.79 Å². The number of aryl methyl sites for hydroxylation is 3. The maximum Gasteiger partial charge on any atom is 0.167 e. The van der Waals surface area contributed by atoms with Gasteiger partial charge in [-0.25, -0.2) is 0 Å². The van der Waals surface area contributed by atoms with E-state index in [2.05, 4.69) is 31.2 Å². The van der Waals surface area contributed by atoms with E-state index in [1.807, 2.05) is 30.5 Å². The van der Waals surface area contributed by atoms with Crippen LogP contribution in [0.2, 0.25) is 0 Å². The zero-order valence-corrected chi connectivity index (χ0v) is 13.3. The van der Waals surface area contributed by atoms with Crippen molar-refractivity contribution in [1.82, 2.24) is 4.40 Å². The molecule has 0 saturated heterocycles. The van der Waals surface area contributed by atoms with Crippen molar-refractivity contribution in [2.75, 3.05) is 7.11 Å². The van der Waals surface area contributed by atoms with Crippen LogP contribution in [0.3, 0.4) is 0 Å². The van der Waals surface area contributed by atoms with Crippen LogP contribution in [0.1, 0.15) is 27.2 Å². The predicted octanol–water partition coefficient (Wildman–Crippen LogP) is 4.35. The number of fused-ring (bicyclic) bond motifs is 1. The van der Waals surface area contributed by atoms with E-state index in [0.717, 1.165) is 39.8 Å². The third-order valence-electron chi connectivity index (χ3n) is 4.06. The number of pyridine rings is 1. The maximum atomic E-state index is 11.6. The second kappa shape index (κ2) is 5.34. The number of carbonyl (C=O) groups is 1. The first-order valence-electron chi connectivity index (χ1n) is 7.27. The van der Waals surface area contributed by atoms with Crippen LogP contribution in [0.4, 0.5) is 0 Å². The Hall–Kier alpha value is -2.55. The van der Waals surface area contributed by atoms with Gasteiger partial charge in [0.25, 0.3) is 0 Å². The molecule has 0 unspecified atom stereocenters. The fraction of sp³-hybridized carbons (Fsp3) is 0.211. The van der Waals surface area contributed by atoms with Gasteiger partial charge in [-0.05, 0) is 73.4 Å². The van der Waals surface area contributed by atoms with Crippen molar-refractivity contribution < 1.29 is 9.53 Å². The van der Waals surface area contributed by atoms with Crippen LogP contribution < -0.4 is 4.74 Å². The summed E-state index contributed by atoms with van der Waals surface area (Å²) in [6, 6.07) is 10.3. The van der Waals surface area contributed by atoms with Crippen LogP contribution in [0.15, 0.2) is 36.5 Å². The SMILES string of the molecule is COc1c(C)cc(-c2cc3cc(C)ccn3c2C=O)cc1C. The van der Waals surface area contributed by atoms with Crippen molar-refractivity contribution >= 4 is 11.8 Å². The Morgan fingerprint density at radius 2 is 1.73 bits per heavy atom. The number of aromatic nitrogens is 1. The summed E-state index contributed by atoms with van der Waals surface area (Å²) in [5.41, 5.74) is 7.02. The highest BCUT2D eigenvalue weighted by molar-refractivity contribution is 5.90. The largest absolute Gasteiger partial charge is 0.496 e. The van der Waals surface area contributed by atoms with Gasteiger partial charge in [0.1, 0.15) is 5.75 Å². The summed E-state index contributed by atoms with van der Waals surface area (Å²) >= 11 is 0. The predicted molar refractivity (Wildman–Crippen MR) is 89.0 cm³/mol. The fourth-order valence-corrected chi connectivity index (χ4v) is 3.09. The minimum absolute atomic E-state index is 0.680. The van der Waals surface area contributed by atoms with Crippen molar-refractivity contribution in [2.45, 2.75) is 20.8 Å². The zero-order chi connectivity index (χ0) is 15.9. The first-order chi connectivity index (χ1) is 10.5. The number of ether oxygens (including phenoxy) is 1. The van der Waals surface area contributed by atoms with Crippen LogP contribution in [-0.4, -0.2) is 17.8 Å². The Morgan fingerprint density at radius 3 is 2.32 bits per heavy atom. The molecule has 0 aliphatic heterocycles. The molecule has 0 aliphatic carbocycles. The second-order valence-corrected chi connectivity index (χ2v) is 5.70. The molecule has 0 bridgehead atoms. The Balaban J connectivity index is 2.28. The molecule has 2 aromatic heterocycles. The highest BCUT2D eigenvalue weighted by Gasteiger charge is 2.14. The van der Waals surface area contributed by atoms with Gasteiger partial charge >= 0.3 is 0 Å².